The number of aromatic amines is 1. The Kier molecular flexibility index (Phi) is 4.09. The normalized spacial score (nSPS) is 15.4. The van der Waals surface area contributed by atoms with E-state index >= 15 is 0 Å². The van der Waals surface area contributed by atoms with Gasteiger partial charge in [0, 0.05) is 49.0 Å². The number of para-hydroxylation sites is 1. The molecule has 1 N–H and O–H groups in total. The molecule has 4 rings (SSSR count). The highest BCUT2D eigenvalue weighted by Crippen LogP contribution is 2.24. The Morgan fingerprint density at radius 3 is 2.80 bits per heavy atom. The van der Waals surface area contributed by atoms with E-state index in [2.05, 4.69) is 20.1 Å². The second-order valence-electron chi connectivity index (χ2n) is 6.39. The second kappa shape index (κ2) is 6.55. The summed E-state index contributed by atoms with van der Waals surface area (Å²) in [7, 11) is 0. The minimum absolute atomic E-state index is 0.107. The molecule has 1 aliphatic heterocycles. The summed E-state index contributed by atoms with van der Waals surface area (Å²) in [4.78, 5) is 20.6. The number of H-pyrrole nitrogens is 1. The molecule has 0 bridgehead atoms. The lowest BCUT2D eigenvalue weighted by Gasteiger charge is -2.22. The zero-order valence-corrected chi connectivity index (χ0v) is 14.3. The summed E-state index contributed by atoms with van der Waals surface area (Å²) in [5.41, 5.74) is 2.74. The number of amides is 1. The largest absolute Gasteiger partial charge is 0.358 e. The Morgan fingerprint density at radius 2 is 1.96 bits per heavy atom. The highest BCUT2D eigenvalue weighted by atomic mass is 16.2. The summed E-state index contributed by atoms with van der Waals surface area (Å²) in [5, 5.41) is 9.14. The van der Waals surface area contributed by atoms with E-state index < -0.39 is 0 Å². The van der Waals surface area contributed by atoms with E-state index in [9.17, 15) is 4.79 Å². The van der Waals surface area contributed by atoms with Gasteiger partial charge in [0.25, 0.3) is 5.91 Å². The molecule has 0 radical (unpaired) electrons. The molecule has 3 aromatic rings. The number of rotatable bonds is 2. The number of benzene rings is 1. The van der Waals surface area contributed by atoms with Crippen LogP contribution in [0, 0.1) is 6.92 Å². The monoisotopic (exact) mass is 335 g/mol. The number of nitrogens with one attached hydrogen (secondary N) is 1. The Hall–Kier alpha value is -2.89. The molecule has 25 heavy (non-hydrogen) atoms. The third-order valence-corrected chi connectivity index (χ3v) is 4.77. The van der Waals surface area contributed by atoms with Crippen LogP contribution >= 0.6 is 0 Å². The van der Waals surface area contributed by atoms with Gasteiger partial charge in [-0.3, -0.25) is 4.79 Å². The molecular weight excluding hydrogens is 314 g/mol. The van der Waals surface area contributed by atoms with Crippen molar-refractivity contribution in [3.8, 4) is 0 Å². The number of hydrogen-bond donors (Lipinski definition) is 1. The maximum atomic E-state index is 13.2. The van der Waals surface area contributed by atoms with Crippen LogP contribution in [0.15, 0.2) is 42.6 Å². The van der Waals surface area contributed by atoms with E-state index in [0.29, 0.717) is 6.54 Å². The molecule has 1 aliphatic rings. The lowest BCUT2D eigenvalue weighted by atomic mass is 10.1. The van der Waals surface area contributed by atoms with Crippen LogP contribution in [-0.4, -0.2) is 52.2 Å². The zero-order valence-electron chi connectivity index (χ0n) is 14.3. The number of fused-ring (bicyclic) bond motifs is 1. The highest BCUT2D eigenvalue weighted by molar-refractivity contribution is 6.08. The van der Waals surface area contributed by atoms with Crippen LogP contribution < -0.4 is 4.90 Å². The molecule has 1 aromatic carbocycles. The second-order valence-corrected chi connectivity index (χ2v) is 6.39. The SMILES string of the molecule is Cc1[nH]c2ccccc2c1C(=O)N1CCCN(c2cccnn2)CC1. The molecule has 1 fully saturated rings. The standard InChI is InChI=1S/C19H21N5O/c1-14-18(15-6-2-3-7-16(15)21-14)19(25)24-11-5-10-23(12-13-24)17-8-4-9-20-22-17/h2-4,6-9,21H,5,10-13H2,1H3. The molecule has 3 heterocycles. The van der Waals surface area contributed by atoms with Crippen LogP contribution in [0.5, 0.6) is 0 Å². The van der Waals surface area contributed by atoms with E-state index in [-0.39, 0.29) is 5.91 Å². The molecule has 128 valence electrons. The van der Waals surface area contributed by atoms with E-state index in [1.54, 1.807) is 6.20 Å². The van der Waals surface area contributed by atoms with Crippen LogP contribution in [0.1, 0.15) is 22.5 Å². The molecule has 0 spiro atoms. The predicted octanol–water partition coefficient (Wildman–Crippen LogP) is 2.62. The predicted molar refractivity (Wildman–Crippen MR) is 97.8 cm³/mol. The van der Waals surface area contributed by atoms with Crippen molar-refractivity contribution < 1.29 is 4.79 Å². The van der Waals surface area contributed by atoms with Gasteiger partial charge in [0.15, 0.2) is 5.82 Å². The fraction of sp³-hybridized carbons (Fsp3) is 0.316. The Balaban J connectivity index is 1.56. The van der Waals surface area contributed by atoms with Gasteiger partial charge in [-0.05, 0) is 31.5 Å². The first-order valence-corrected chi connectivity index (χ1v) is 8.63. The van der Waals surface area contributed by atoms with Crippen molar-refractivity contribution in [1.29, 1.82) is 0 Å². The number of anilines is 1. The minimum atomic E-state index is 0.107. The number of carbonyl (C=O) groups excluding carboxylic acids is 1. The van der Waals surface area contributed by atoms with Gasteiger partial charge in [-0.1, -0.05) is 18.2 Å². The van der Waals surface area contributed by atoms with Crippen molar-refractivity contribution in [2.45, 2.75) is 13.3 Å². The van der Waals surface area contributed by atoms with Gasteiger partial charge in [-0.2, -0.15) is 5.10 Å². The van der Waals surface area contributed by atoms with E-state index in [0.717, 1.165) is 54.0 Å². The average molecular weight is 335 g/mol. The smallest absolute Gasteiger partial charge is 0.256 e. The number of aromatic nitrogens is 3. The van der Waals surface area contributed by atoms with E-state index in [1.165, 1.54) is 0 Å². The third kappa shape index (κ3) is 2.95. The summed E-state index contributed by atoms with van der Waals surface area (Å²) in [5.74, 6) is 0.982. The van der Waals surface area contributed by atoms with Crippen molar-refractivity contribution in [1.82, 2.24) is 20.1 Å². The minimum Gasteiger partial charge on any atom is -0.358 e. The first kappa shape index (κ1) is 15.6. The van der Waals surface area contributed by atoms with Crippen molar-refractivity contribution >= 4 is 22.6 Å². The molecule has 0 saturated carbocycles. The number of hydrogen-bond acceptors (Lipinski definition) is 4. The van der Waals surface area contributed by atoms with Crippen molar-refractivity contribution in [3.63, 3.8) is 0 Å². The fourth-order valence-electron chi connectivity index (χ4n) is 3.52. The molecule has 2 aromatic heterocycles. The first-order valence-electron chi connectivity index (χ1n) is 8.63. The van der Waals surface area contributed by atoms with Gasteiger partial charge < -0.3 is 14.8 Å². The lowest BCUT2D eigenvalue weighted by Crippen LogP contribution is -2.35. The van der Waals surface area contributed by atoms with Gasteiger partial charge in [0.1, 0.15) is 0 Å². The number of aryl methyl sites for hydroxylation is 1. The summed E-state index contributed by atoms with van der Waals surface area (Å²) < 4.78 is 0. The third-order valence-electron chi connectivity index (χ3n) is 4.77. The van der Waals surface area contributed by atoms with Crippen LogP contribution in [0.3, 0.4) is 0 Å². The number of nitrogens with zero attached hydrogens (tertiary/aromatic N) is 4. The summed E-state index contributed by atoms with van der Waals surface area (Å²) >= 11 is 0. The van der Waals surface area contributed by atoms with Gasteiger partial charge in [0.2, 0.25) is 0 Å². The Bertz CT molecular complexity index is 889. The summed E-state index contributed by atoms with van der Waals surface area (Å²) in [6.07, 6.45) is 2.60. The molecule has 1 amide bonds. The Morgan fingerprint density at radius 1 is 1.08 bits per heavy atom. The molecule has 6 nitrogen and oxygen atoms in total. The van der Waals surface area contributed by atoms with E-state index in [4.69, 9.17) is 0 Å². The quantitative estimate of drug-likeness (QED) is 0.782. The topological polar surface area (TPSA) is 65.1 Å². The molecule has 0 aliphatic carbocycles. The maximum Gasteiger partial charge on any atom is 0.256 e. The molecular formula is C19H21N5O. The average Bonchev–Trinajstić information content (AvgIpc) is 2.82. The van der Waals surface area contributed by atoms with Gasteiger partial charge in [-0.25, -0.2) is 0 Å². The molecule has 0 atom stereocenters. The van der Waals surface area contributed by atoms with Crippen LogP contribution in [0.4, 0.5) is 5.82 Å². The molecule has 0 unspecified atom stereocenters. The van der Waals surface area contributed by atoms with Gasteiger partial charge in [0.05, 0.1) is 5.56 Å². The van der Waals surface area contributed by atoms with Crippen molar-refractivity contribution in [2.75, 3.05) is 31.1 Å². The van der Waals surface area contributed by atoms with Crippen molar-refractivity contribution in [2.24, 2.45) is 0 Å². The van der Waals surface area contributed by atoms with E-state index in [1.807, 2.05) is 48.2 Å². The zero-order chi connectivity index (χ0) is 17.2. The number of carbonyl (C=O) groups is 1. The fourth-order valence-corrected chi connectivity index (χ4v) is 3.52. The lowest BCUT2D eigenvalue weighted by molar-refractivity contribution is 0.0768. The van der Waals surface area contributed by atoms with Gasteiger partial charge in [-0.15, -0.1) is 5.10 Å². The summed E-state index contributed by atoms with van der Waals surface area (Å²) in [6.45, 7) is 5.07. The van der Waals surface area contributed by atoms with Gasteiger partial charge >= 0.3 is 0 Å². The van der Waals surface area contributed by atoms with Crippen LogP contribution in [0.2, 0.25) is 0 Å². The first-order chi connectivity index (χ1) is 12.2. The summed E-state index contributed by atoms with van der Waals surface area (Å²) in [6, 6.07) is 11.8. The van der Waals surface area contributed by atoms with Crippen LogP contribution in [-0.2, 0) is 0 Å². The molecule has 1 saturated heterocycles. The Labute approximate surface area is 146 Å². The van der Waals surface area contributed by atoms with Crippen LogP contribution in [0.25, 0.3) is 10.9 Å². The van der Waals surface area contributed by atoms with Crippen molar-refractivity contribution in [3.05, 3.63) is 53.9 Å². The molecule has 6 heteroatoms. The maximum absolute atomic E-state index is 13.2. The highest BCUT2D eigenvalue weighted by Gasteiger charge is 2.24.